The van der Waals surface area contributed by atoms with Gasteiger partial charge in [-0.25, -0.2) is 4.79 Å². The summed E-state index contributed by atoms with van der Waals surface area (Å²) in [5, 5.41) is 12.6. The molecule has 0 saturated heterocycles. The largest absolute Gasteiger partial charge is 0.465 e. The molecule has 0 spiro atoms. The number of hydrogen-bond acceptors (Lipinski definition) is 7. The molecule has 0 aliphatic carbocycles. The second-order valence-corrected chi connectivity index (χ2v) is 9.67. The van der Waals surface area contributed by atoms with Crippen molar-refractivity contribution in [3.05, 3.63) is 83.8 Å². The minimum atomic E-state index is -0.491. The van der Waals surface area contributed by atoms with E-state index in [1.54, 1.807) is 6.08 Å². The van der Waals surface area contributed by atoms with E-state index in [0.717, 1.165) is 21.6 Å². The molecule has 0 bridgehead atoms. The van der Waals surface area contributed by atoms with Crippen molar-refractivity contribution in [2.75, 3.05) is 18.2 Å². The van der Waals surface area contributed by atoms with Gasteiger partial charge in [-0.05, 0) is 12.5 Å². The Kier molecular flexibility index (Phi) is 7.79. The first kappa shape index (κ1) is 24.4. The number of methoxy groups -OCH3 is 1. The number of allylic oxidation sites excluding steroid dienone is 1. The molecule has 4 aromatic rings. The average molecular weight is 505 g/mol. The number of carbonyl (C=O) groups excluding carboxylic acids is 2. The van der Waals surface area contributed by atoms with Gasteiger partial charge in [-0.15, -0.1) is 28.1 Å². The Morgan fingerprint density at radius 3 is 2.37 bits per heavy atom. The van der Waals surface area contributed by atoms with Crippen molar-refractivity contribution in [1.29, 1.82) is 0 Å². The predicted molar refractivity (Wildman–Crippen MR) is 141 cm³/mol. The highest BCUT2D eigenvalue weighted by Gasteiger charge is 2.25. The Morgan fingerprint density at radius 1 is 1.09 bits per heavy atom. The minimum absolute atomic E-state index is 0.0995. The van der Waals surface area contributed by atoms with Gasteiger partial charge < -0.3 is 10.1 Å². The van der Waals surface area contributed by atoms with E-state index in [1.165, 1.54) is 30.2 Å². The zero-order valence-corrected chi connectivity index (χ0v) is 21.0. The third-order valence-corrected chi connectivity index (χ3v) is 7.17. The lowest BCUT2D eigenvalue weighted by Gasteiger charge is -2.09. The number of aromatic nitrogens is 3. The van der Waals surface area contributed by atoms with Crippen LogP contribution in [-0.4, -0.2) is 39.5 Å². The van der Waals surface area contributed by atoms with Crippen molar-refractivity contribution in [1.82, 2.24) is 14.8 Å². The Hall–Kier alpha value is -3.69. The fraction of sp³-hybridized carbons (Fsp3) is 0.154. The molecular weight excluding hydrogens is 480 g/mol. The van der Waals surface area contributed by atoms with Crippen LogP contribution in [0.3, 0.4) is 0 Å². The van der Waals surface area contributed by atoms with Gasteiger partial charge in [0.15, 0.2) is 11.0 Å². The molecule has 4 rings (SSSR count). The zero-order chi connectivity index (χ0) is 24.8. The number of ether oxygens (including phenoxy) is 1. The van der Waals surface area contributed by atoms with Crippen molar-refractivity contribution in [3.8, 4) is 22.5 Å². The molecule has 178 valence electrons. The fourth-order valence-corrected chi connectivity index (χ4v) is 5.49. The monoisotopic (exact) mass is 504 g/mol. The number of nitrogens with one attached hydrogen (secondary N) is 1. The molecule has 0 aliphatic rings. The topological polar surface area (TPSA) is 86.1 Å². The molecule has 0 unspecified atom stereocenters. The van der Waals surface area contributed by atoms with Gasteiger partial charge >= 0.3 is 5.97 Å². The van der Waals surface area contributed by atoms with Crippen LogP contribution in [0.4, 0.5) is 5.00 Å². The lowest BCUT2D eigenvalue weighted by molar-refractivity contribution is -0.113. The van der Waals surface area contributed by atoms with Gasteiger partial charge in [0, 0.05) is 22.5 Å². The highest BCUT2D eigenvalue weighted by Crippen LogP contribution is 2.40. The number of nitrogens with zero attached hydrogens (tertiary/aromatic N) is 3. The van der Waals surface area contributed by atoms with Crippen LogP contribution in [0.5, 0.6) is 0 Å². The molecule has 1 amide bonds. The van der Waals surface area contributed by atoms with Gasteiger partial charge in [0.05, 0.1) is 12.9 Å². The predicted octanol–water partition coefficient (Wildman–Crippen LogP) is 5.69. The van der Waals surface area contributed by atoms with Gasteiger partial charge in [0.2, 0.25) is 5.91 Å². The van der Waals surface area contributed by atoms with Crippen molar-refractivity contribution < 1.29 is 14.3 Å². The summed E-state index contributed by atoms with van der Waals surface area (Å²) in [7, 11) is 1.34. The average Bonchev–Trinajstić information content (AvgIpc) is 3.43. The summed E-state index contributed by atoms with van der Waals surface area (Å²) in [5.41, 5.74) is 2.95. The molecule has 35 heavy (non-hydrogen) atoms. The number of rotatable bonds is 9. The Morgan fingerprint density at radius 2 is 1.74 bits per heavy atom. The number of esters is 1. The molecular formula is C26H24N4O3S2. The van der Waals surface area contributed by atoms with Crippen LogP contribution in [0.1, 0.15) is 15.2 Å². The summed E-state index contributed by atoms with van der Waals surface area (Å²) in [4.78, 5) is 26.5. The number of carbonyl (C=O) groups is 2. The van der Waals surface area contributed by atoms with E-state index in [0.29, 0.717) is 28.1 Å². The normalized spacial score (nSPS) is 10.7. The zero-order valence-electron chi connectivity index (χ0n) is 19.4. The quantitative estimate of drug-likeness (QED) is 0.179. The summed E-state index contributed by atoms with van der Waals surface area (Å²) < 4.78 is 6.95. The molecule has 7 nitrogen and oxygen atoms in total. The Labute approximate surface area is 211 Å². The molecule has 0 atom stereocenters. The van der Waals surface area contributed by atoms with Gasteiger partial charge in [-0.2, -0.15) is 0 Å². The molecule has 2 heterocycles. The van der Waals surface area contributed by atoms with E-state index in [1.807, 2.05) is 72.2 Å². The van der Waals surface area contributed by atoms with E-state index >= 15 is 0 Å². The number of thioether (sulfide) groups is 1. The maximum atomic E-state index is 12.9. The summed E-state index contributed by atoms with van der Waals surface area (Å²) in [6.45, 7) is 6.26. The van der Waals surface area contributed by atoms with Crippen molar-refractivity contribution >= 4 is 40.0 Å². The van der Waals surface area contributed by atoms with Crippen LogP contribution in [0, 0.1) is 6.92 Å². The van der Waals surface area contributed by atoms with Crippen molar-refractivity contribution in [2.45, 2.75) is 18.6 Å². The molecule has 2 aromatic heterocycles. The van der Waals surface area contributed by atoms with E-state index < -0.39 is 5.97 Å². The third kappa shape index (κ3) is 5.36. The molecule has 2 aromatic carbocycles. The summed E-state index contributed by atoms with van der Waals surface area (Å²) >= 11 is 2.63. The Balaban J connectivity index is 1.55. The van der Waals surface area contributed by atoms with Gasteiger partial charge in [-0.3, -0.25) is 9.36 Å². The molecule has 1 N–H and O–H groups in total. The summed E-state index contributed by atoms with van der Waals surface area (Å²) in [6, 6.07) is 19.3. The smallest absolute Gasteiger partial charge is 0.341 e. The summed E-state index contributed by atoms with van der Waals surface area (Å²) in [5.74, 6) is 0.0649. The highest BCUT2D eigenvalue weighted by atomic mass is 32.2. The third-order valence-electron chi connectivity index (χ3n) is 5.18. The van der Waals surface area contributed by atoms with Crippen LogP contribution in [0.2, 0.25) is 0 Å². The number of aryl methyl sites for hydroxylation is 1. The van der Waals surface area contributed by atoms with Crippen LogP contribution >= 0.6 is 23.1 Å². The first-order valence-corrected chi connectivity index (χ1v) is 12.6. The summed E-state index contributed by atoms with van der Waals surface area (Å²) in [6.07, 6.45) is 1.77. The lowest BCUT2D eigenvalue weighted by Crippen LogP contribution is -2.16. The van der Waals surface area contributed by atoms with Crippen LogP contribution in [0.25, 0.3) is 22.5 Å². The number of benzene rings is 2. The Bertz CT molecular complexity index is 1350. The standard InChI is InChI=1S/C26H24N4O3S2/c1-4-15-30-23(19-13-9-6-10-14-19)28-29-26(30)34-16-20(31)27-24-22(25(32)33-3)21(17(2)35-24)18-11-7-5-8-12-18/h4-14H,1,15-16H2,2-3H3,(H,27,31). The van der Waals surface area contributed by atoms with Crippen LogP contribution < -0.4 is 5.32 Å². The maximum absolute atomic E-state index is 12.9. The van der Waals surface area contributed by atoms with Gasteiger partial charge in [-0.1, -0.05) is 78.5 Å². The maximum Gasteiger partial charge on any atom is 0.341 e. The van der Waals surface area contributed by atoms with E-state index in [4.69, 9.17) is 4.74 Å². The second-order valence-electron chi connectivity index (χ2n) is 7.50. The molecule has 9 heteroatoms. The van der Waals surface area contributed by atoms with Gasteiger partial charge in [0.25, 0.3) is 0 Å². The molecule has 0 radical (unpaired) electrons. The van der Waals surface area contributed by atoms with E-state index in [-0.39, 0.29) is 11.7 Å². The first-order chi connectivity index (χ1) is 17.0. The number of hydrogen-bond donors (Lipinski definition) is 1. The van der Waals surface area contributed by atoms with Crippen molar-refractivity contribution in [2.24, 2.45) is 0 Å². The van der Waals surface area contributed by atoms with Crippen LogP contribution in [0.15, 0.2) is 78.5 Å². The van der Waals surface area contributed by atoms with Gasteiger partial charge in [0.1, 0.15) is 10.6 Å². The lowest BCUT2D eigenvalue weighted by atomic mass is 10.0. The molecule has 0 aliphatic heterocycles. The first-order valence-electron chi connectivity index (χ1n) is 10.8. The van der Waals surface area contributed by atoms with Crippen molar-refractivity contribution in [3.63, 3.8) is 0 Å². The highest BCUT2D eigenvalue weighted by molar-refractivity contribution is 7.99. The number of thiophene rings is 1. The fourth-order valence-electron chi connectivity index (χ4n) is 3.66. The minimum Gasteiger partial charge on any atom is -0.465 e. The second kappa shape index (κ2) is 11.2. The molecule has 0 fully saturated rings. The number of anilines is 1. The molecule has 0 saturated carbocycles. The van der Waals surface area contributed by atoms with Crippen LogP contribution in [-0.2, 0) is 16.1 Å². The van der Waals surface area contributed by atoms with E-state index in [2.05, 4.69) is 22.1 Å². The SMILES string of the molecule is C=CCn1c(SCC(=O)Nc2sc(C)c(-c3ccccc3)c2C(=O)OC)nnc1-c1ccccc1. The van der Waals surface area contributed by atoms with E-state index in [9.17, 15) is 9.59 Å². The number of amides is 1.